The molecule has 5 nitrogen and oxygen atoms in total. The van der Waals surface area contributed by atoms with E-state index in [0.717, 1.165) is 42.5 Å². The Hall–Kier alpha value is -2.29. The summed E-state index contributed by atoms with van der Waals surface area (Å²) in [5.41, 5.74) is 1.46. The molecule has 1 heterocycles. The van der Waals surface area contributed by atoms with E-state index in [2.05, 4.69) is 16.3 Å². The number of benzene rings is 2. The lowest BCUT2D eigenvalue weighted by Crippen LogP contribution is -2.49. The number of aryl methyl sites for hydroxylation is 1. The lowest BCUT2D eigenvalue weighted by atomic mass is 9.98. The van der Waals surface area contributed by atoms with Gasteiger partial charge < -0.3 is 14.8 Å². The Balaban J connectivity index is 2.08. The molecule has 5 heteroatoms. The second-order valence-corrected chi connectivity index (χ2v) is 6.02. The Morgan fingerprint density at radius 3 is 2.46 bits per heavy atom. The van der Waals surface area contributed by atoms with Crippen LogP contribution in [-0.2, 0) is 0 Å². The van der Waals surface area contributed by atoms with Gasteiger partial charge in [-0.1, -0.05) is 24.3 Å². The third-order valence-corrected chi connectivity index (χ3v) is 4.65. The maximum atomic E-state index is 9.59. The number of piperazine rings is 1. The van der Waals surface area contributed by atoms with Crippen molar-refractivity contribution in [3.05, 3.63) is 35.4 Å². The van der Waals surface area contributed by atoms with E-state index in [4.69, 9.17) is 9.47 Å². The van der Waals surface area contributed by atoms with Crippen LogP contribution in [0.25, 0.3) is 10.8 Å². The summed E-state index contributed by atoms with van der Waals surface area (Å²) < 4.78 is 11.9. The highest BCUT2D eigenvalue weighted by Crippen LogP contribution is 2.42. The molecule has 0 saturated carbocycles. The summed E-state index contributed by atoms with van der Waals surface area (Å²) in [4.78, 5) is 2.29. The maximum Gasteiger partial charge on any atom is 0.179 e. The second kappa shape index (κ2) is 7.08. The molecule has 0 amide bonds. The van der Waals surface area contributed by atoms with E-state index >= 15 is 0 Å². The number of fused-ring (bicyclic) bond motifs is 1. The summed E-state index contributed by atoms with van der Waals surface area (Å²) in [5.74, 6) is 1.18. The molecule has 0 aliphatic carbocycles. The van der Waals surface area contributed by atoms with Crippen molar-refractivity contribution in [3.63, 3.8) is 0 Å². The van der Waals surface area contributed by atoms with E-state index in [-0.39, 0.29) is 6.23 Å². The second-order valence-electron chi connectivity index (χ2n) is 6.02. The van der Waals surface area contributed by atoms with Gasteiger partial charge in [-0.3, -0.25) is 4.90 Å². The minimum Gasteiger partial charge on any atom is -0.492 e. The monoisotopic (exact) mass is 325 g/mol. The zero-order valence-corrected chi connectivity index (χ0v) is 14.4. The first-order chi connectivity index (χ1) is 11.7. The molecule has 2 aromatic rings. The van der Waals surface area contributed by atoms with Gasteiger partial charge in [-0.05, 0) is 24.8 Å². The van der Waals surface area contributed by atoms with Crippen LogP contribution in [0.15, 0.2) is 24.3 Å². The minimum atomic E-state index is -0.0846. The molecular formula is C19H23N3O2. The molecule has 1 fully saturated rings. The van der Waals surface area contributed by atoms with E-state index < -0.39 is 0 Å². The number of ether oxygens (including phenoxy) is 2. The van der Waals surface area contributed by atoms with E-state index in [1.54, 1.807) is 7.11 Å². The highest BCUT2D eigenvalue weighted by molar-refractivity contribution is 5.95. The topological polar surface area (TPSA) is 57.5 Å². The summed E-state index contributed by atoms with van der Waals surface area (Å²) in [6.45, 7) is 7.81. The standard InChI is InChI=1S/C19H23N3O2/c1-13-15-6-4-5-7-16(15)19(18(23-3)17(13)12-20)24-14(2)22-10-8-21-9-11-22/h4-7,14,21H,8-11H2,1-3H3. The van der Waals surface area contributed by atoms with Gasteiger partial charge in [-0.25, -0.2) is 0 Å². The number of rotatable bonds is 4. The Morgan fingerprint density at radius 1 is 1.17 bits per heavy atom. The van der Waals surface area contributed by atoms with E-state index in [1.165, 1.54) is 0 Å². The molecule has 1 N–H and O–H groups in total. The van der Waals surface area contributed by atoms with Crippen molar-refractivity contribution in [2.24, 2.45) is 0 Å². The first-order valence-corrected chi connectivity index (χ1v) is 8.28. The fraction of sp³-hybridized carbons (Fsp3) is 0.421. The maximum absolute atomic E-state index is 9.59. The molecule has 1 unspecified atom stereocenters. The lowest BCUT2D eigenvalue weighted by Gasteiger charge is -2.33. The van der Waals surface area contributed by atoms with Crippen LogP contribution in [0.4, 0.5) is 0 Å². The average Bonchev–Trinajstić information content (AvgIpc) is 2.64. The van der Waals surface area contributed by atoms with Gasteiger partial charge in [-0.15, -0.1) is 0 Å². The van der Waals surface area contributed by atoms with Gasteiger partial charge in [0.15, 0.2) is 11.5 Å². The molecule has 24 heavy (non-hydrogen) atoms. The van der Waals surface area contributed by atoms with Crippen LogP contribution in [-0.4, -0.2) is 44.4 Å². The van der Waals surface area contributed by atoms with Crippen molar-refractivity contribution in [1.29, 1.82) is 5.26 Å². The molecule has 126 valence electrons. The van der Waals surface area contributed by atoms with Crippen molar-refractivity contribution < 1.29 is 9.47 Å². The molecule has 1 aliphatic heterocycles. The van der Waals surface area contributed by atoms with E-state index in [0.29, 0.717) is 17.1 Å². The highest BCUT2D eigenvalue weighted by Gasteiger charge is 2.23. The predicted octanol–water partition coefficient (Wildman–Crippen LogP) is 2.66. The van der Waals surface area contributed by atoms with Crippen LogP contribution < -0.4 is 14.8 Å². The fourth-order valence-electron chi connectivity index (χ4n) is 3.29. The molecule has 0 bridgehead atoms. The van der Waals surface area contributed by atoms with Gasteiger partial charge in [0.2, 0.25) is 0 Å². The summed E-state index contributed by atoms with van der Waals surface area (Å²) in [7, 11) is 1.59. The quantitative estimate of drug-likeness (QED) is 0.936. The van der Waals surface area contributed by atoms with Crippen molar-refractivity contribution in [2.45, 2.75) is 20.1 Å². The van der Waals surface area contributed by atoms with Gasteiger partial charge in [0.1, 0.15) is 17.9 Å². The highest BCUT2D eigenvalue weighted by atomic mass is 16.5. The zero-order chi connectivity index (χ0) is 17.1. The predicted molar refractivity (Wildman–Crippen MR) is 94.5 cm³/mol. The zero-order valence-electron chi connectivity index (χ0n) is 14.4. The Bertz CT molecular complexity index is 776. The third kappa shape index (κ3) is 2.91. The van der Waals surface area contributed by atoms with Gasteiger partial charge >= 0.3 is 0 Å². The molecule has 0 spiro atoms. The Labute approximate surface area is 142 Å². The minimum absolute atomic E-state index is 0.0846. The molecule has 1 aliphatic rings. The largest absolute Gasteiger partial charge is 0.492 e. The number of hydrogen-bond donors (Lipinski definition) is 1. The smallest absolute Gasteiger partial charge is 0.179 e. The number of nitriles is 1. The first-order valence-electron chi connectivity index (χ1n) is 8.28. The van der Waals surface area contributed by atoms with Crippen molar-refractivity contribution in [2.75, 3.05) is 33.3 Å². The van der Waals surface area contributed by atoms with Gasteiger partial charge in [0, 0.05) is 31.6 Å². The first kappa shape index (κ1) is 16.6. The van der Waals surface area contributed by atoms with Gasteiger partial charge in [0.25, 0.3) is 0 Å². The molecule has 3 rings (SSSR count). The number of nitrogens with one attached hydrogen (secondary N) is 1. The SMILES string of the molecule is COc1c(C#N)c(C)c2ccccc2c1OC(C)N1CCNCC1. The average molecular weight is 325 g/mol. The van der Waals surface area contributed by atoms with Crippen molar-refractivity contribution >= 4 is 10.8 Å². The van der Waals surface area contributed by atoms with Crippen LogP contribution in [0.5, 0.6) is 11.5 Å². The number of hydrogen-bond acceptors (Lipinski definition) is 5. The van der Waals surface area contributed by atoms with Crippen LogP contribution >= 0.6 is 0 Å². The van der Waals surface area contributed by atoms with Crippen molar-refractivity contribution in [3.8, 4) is 17.6 Å². The van der Waals surface area contributed by atoms with E-state index in [1.807, 2.05) is 38.1 Å². The summed E-state index contributed by atoms with van der Waals surface area (Å²) >= 11 is 0. The van der Waals surface area contributed by atoms with Crippen LogP contribution in [0, 0.1) is 18.3 Å². The summed E-state index contributed by atoms with van der Waals surface area (Å²) in [6, 6.07) is 10.3. The Morgan fingerprint density at radius 2 is 1.83 bits per heavy atom. The summed E-state index contributed by atoms with van der Waals surface area (Å²) in [6.07, 6.45) is -0.0846. The molecule has 0 radical (unpaired) electrons. The molecule has 0 aromatic heterocycles. The van der Waals surface area contributed by atoms with E-state index in [9.17, 15) is 5.26 Å². The number of methoxy groups -OCH3 is 1. The van der Waals surface area contributed by atoms with Gasteiger partial charge in [0.05, 0.1) is 7.11 Å². The lowest BCUT2D eigenvalue weighted by molar-refractivity contribution is 0.0304. The number of nitrogens with zero attached hydrogens (tertiary/aromatic N) is 2. The van der Waals surface area contributed by atoms with Crippen LogP contribution in [0.2, 0.25) is 0 Å². The summed E-state index contributed by atoms with van der Waals surface area (Å²) in [5, 5.41) is 14.9. The molecular weight excluding hydrogens is 302 g/mol. The fourth-order valence-corrected chi connectivity index (χ4v) is 3.29. The normalized spacial score (nSPS) is 16.6. The third-order valence-electron chi connectivity index (χ3n) is 4.65. The molecule has 2 aromatic carbocycles. The Kier molecular flexibility index (Phi) is 4.89. The van der Waals surface area contributed by atoms with Gasteiger partial charge in [-0.2, -0.15) is 5.26 Å². The van der Waals surface area contributed by atoms with Crippen LogP contribution in [0.1, 0.15) is 18.1 Å². The molecule has 1 saturated heterocycles. The molecule has 1 atom stereocenters. The van der Waals surface area contributed by atoms with Crippen LogP contribution in [0.3, 0.4) is 0 Å². The van der Waals surface area contributed by atoms with Crippen molar-refractivity contribution in [1.82, 2.24) is 10.2 Å².